The van der Waals surface area contributed by atoms with E-state index in [1.165, 1.54) is 20.3 Å². The number of aromatic nitrogens is 5. The Kier molecular flexibility index (Phi) is 6.60. The topological polar surface area (TPSA) is 98.5 Å². The number of amides is 1. The van der Waals surface area contributed by atoms with E-state index >= 15 is 4.39 Å². The van der Waals surface area contributed by atoms with Crippen molar-refractivity contribution in [3.8, 4) is 22.8 Å². The standard InChI is InChI=1S/C26H28FN7O3/c1-5-33-17(6-9-24(33)35)15-34(21-10-18(36-3)11-22(37-4)25(21)27)23-8-7-19-26(31-23)30-20(13-28-19)16-12-29-32(2)14-16/h7-8,10-14,17H,5-6,9,15H2,1-4H3. The van der Waals surface area contributed by atoms with Crippen LogP contribution in [0.3, 0.4) is 0 Å². The van der Waals surface area contributed by atoms with Crippen molar-refractivity contribution < 1.29 is 18.7 Å². The average molecular weight is 506 g/mol. The fraction of sp³-hybridized carbons (Fsp3) is 0.346. The molecule has 1 aliphatic rings. The molecule has 192 valence electrons. The Morgan fingerprint density at radius 3 is 2.70 bits per heavy atom. The number of fused-ring (bicyclic) bond motifs is 1. The van der Waals surface area contributed by atoms with Crippen molar-refractivity contribution in [3.63, 3.8) is 0 Å². The highest BCUT2D eigenvalue weighted by molar-refractivity contribution is 5.80. The molecule has 1 aromatic carbocycles. The first kappa shape index (κ1) is 24.4. The third kappa shape index (κ3) is 4.64. The Hall–Kier alpha value is -4.28. The summed E-state index contributed by atoms with van der Waals surface area (Å²) in [6, 6.07) is 6.57. The molecule has 1 amide bonds. The summed E-state index contributed by atoms with van der Waals surface area (Å²) in [7, 11) is 4.75. The average Bonchev–Trinajstić information content (AvgIpc) is 3.51. The maximum atomic E-state index is 15.7. The minimum Gasteiger partial charge on any atom is -0.497 e. The summed E-state index contributed by atoms with van der Waals surface area (Å²) in [6.45, 7) is 2.85. The molecular weight excluding hydrogens is 477 g/mol. The van der Waals surface area contributed by atoms with E-state index in [9.17, 15) is 4.79 Å². The second kappa shape index (κ2) is 10.00. The normalized spacial score (nSPS) is 15.4. The molecule has 1 saturated heterocycles. The molecule has 4 aromatic rings. The van der Waals surface area contributed by atoms with Crippen LogP contribution in [-0.2, 0) is 11.8 Å². The molecule has 0 saturated carbocycles. The molecule has 1 fully saturated rings. The van der Waals surface area contributed by atoms with Gasteiger partial charge in [-0.2, -0.15) is 5.10 Å². The van der Waals surface area contributed by atoms with Crippen LogP contribution in [0.15, 0.2) is 42.9 Å². The maximum Gasteiger partial charge on any atom is 0.222 e. The summed E-state index contributed by atoms with van der Waals surface area (Å²) in [4.78, 5) is 30.0. The molecule has 37 heavy (non-hydrogen) atoms. The van der Waals surface area contributed by atoms with Gasteiger partial charge in [-0.1, -0.05) is 0 Å². The van der Waals surface area contributed by atoms with Crippen LogP contribution in [0.2, 0.25) is 0 Å². The SMILES string of the molecule is CCN1C(=O)CCC1CN(c1ccc2ncc(-c3cnn(C)c3)nc2n1)c1cc(OC)cc(OC)c1F. The van der Waals surface area contributed by atoms with E-state index in [0.717, 1.165) is 5.56 Å². The number of pyridine rings is 1. The van der Waals surface area contributed by atoms with Crippen LogP contribution in [0.5, 0.6) is 11.5 Å². The van der Waals surface area contributed by atoms with Gasteiger partial charge in [-0.15, -0.1) is 0 Å². The molecule has 0 N–H and O–H groups in total. The number of carbonyl (C=O) groups is 1. The molecule has 5 rings (SSSR count). The molecule has 3 aromatic heterocycles. The van der Waals surface area contributed by atoms with Crippen LogP contribution in [0.25, 0.3) is 22.4 Å². The smallest absolute Gasteiger partial charge is 0.222 e. The number of anilines is 2. The summed E-state index contributed by atoms with van der Waals surface area (Å²) in [5, 5.41) is 4.20. The maximum absolute atomic E-state index is 15.7. The predicted octanol–water partition coefficient (Wildman–Crippen LogP) is 3.73. The molecule has 1 atom stereocenters. The van der Waals surface area contributed by atoms with Crippen molar-refractivity contribution in [1.82, 2.24) is 29.6 Å². The second-order valence-corrected chi connectivity index (χ2v) is 8.82. The van der Waals surface area contributed by atoms with E-state index < -0.39 is 5.82 Å². The highest BCUT2D eigenvalue weighted by Gasteiger charge is 2.33. The van der Waals surface area contributed by atoms with E-state index in [-0.39, 0.29) is 23.4 Å². The Morgan fingerprint density at radius 1 is 1.16 bits per heavy atom. The number of hydrogen-bond acceptors (Lipinski definition) is 8. The van der Waals surface area contributed by atoms with Gasteiger partial charge in [-0.05, 0) is 25.5 Å². The van der Waals surface area contributed by atoms with E-state index in [1.54, 1.807) is 40.2 Å². The molecule has 4 heterocycles. The third-order valence-electron chi connectivity index (χ3n) is 6.60. The lowest BCUT2D eigenvalue weighted by Gasteiger charge is -2.32. The zero-order chi connectivity index (χ0) is 26.1. The number of methoxy groups -OCH3 is 2. The van der Waals surface area contributed by atoms with Crippen molar-refractivity contribution in [2.24, 2.45) is 7.05 Å². The number of nitrogens with zero attached hydrogens (tertiary/aromatic N) is 7. The zero-order valence-corrected chi connectivity index (χ0v) is 21.2. The van der Waals surface area contributed by atoms with Crippen LogP contribution in [0.4, 0.5) is 15.9 Å². The molecular formula is C26H28FN7O3. The number of carbonyl (C=O) groups excluding carboxylic acids is 1. The summed E-state index contributed by atoms with van der Waals surface area (Å²) >= 11 is 0. The van der Waals surface area contributed by atoms with Crippen molar-refractivity contribution in [3.05, 3.63) is 48.7 Å². The molecule has 0 spiro atoms. The number of hydrogen-bond donors (Lipinski definition) is 0. The Labute approximate surface area is 213 Å². The highest BCUT2D eigenvalue weighted by Crippen LogP contribution is 2.37. The molecule has 0 radical (unpaired) electrons. The first-order valence-corrected chi connectivity index (χ1v) is 12.0. The van der Waals surface area contributed by atoms with E-state index in [4.69, 9.17) is 19.4 Å². The lowest BCUT2D eigenvalue weighted by molar-refractivity contribution is -0.128. The van der Waals surface area contributed by atoms with Crippen molar-refractivity contribution >= 4 is 28.6 Å². The van der Waals surface area contributed by atoms with Crippen LogP contribution in [-0.4, -0.2) is 68.9 Å². The lowest BCUT2D eigenvalue weighted by atomic mass is 10.1. The van der Waals surface area contributed by atoms with Gasteiger partial charge in [0.2, 0.25) is 5.91 Å². The second-order valence-electron chi connectivity index (χ2n) is 8.82. The highest BCUT2D eigenvalue weighted by atomic mass is 19.1. The van der Waals surface area contributed by atoms with Gasteiger partial charge in [-0.3, -0.25) is 14.5 Å². The number of ether oxygens (including phenoxy) is 2. The molecule has 0 aliphatic carbocycles. The van der Waals surface area contributed by atoms with Gasteiger partial charge in [0.05, 0.1) is 44.0 Å². The summed E-state index contributed by atoms with van der Waals surface area (Å²) in [5.41, 5.74) is 2.69. The van der Waals surface area contributed by atoms with Crippen LogP contribution < -0.4 is 14.4 Å². The largest absolute Gasteiger partial charge is 0.497 e. The minimum absolute atomic E-state index is 0.0497. The molecule has 10 nitrogen and oxygen atoms in total. The quantitative estimate of drug-likeness (QED) is 0.357. The minimum atomic E-state index is -0.548. The number of halogens is 1. The van der Waals surface area contributed by atoms with Crippen LogP contribution in [0, 0.1) is 5.82 Å². The monoisotopic (exact) mass is 505 g/mol. The summed E-state index contributed by atoms with van der Waals surface area (Å²) < 4.78 is 28.1. The van der Waals surface area contributed by atoms with Gasteiger partial charge in [-0.25, -0.2) is 14.4 Å². The third-order valence-corrected chi connectivity index (χ3v) is 6.60. The number of likely N-dealkylation sites (tertiary alicyclic amines) is 1. The van der Waals surface area contributed by atoms with Crippen LogP contribution >= 0.6 is 0 Å². The van der Waals surface area contributed by atoms with Crippen LogP contribution in [0.1, 0.15) is 19.8 Å². The Bertz CT molecular complexity index is 1460. The fourth-order valence-electron chi connectivity index (χ4n) is 4.70. The molecule has 1 aliphatic heterocycles. The first-order chi connectivity index (χ1) is 17.9. The van der Waals surface area contributed by atoms with Crippen molar-refractivity contribution in [1.29, 1.82) is 0 Å². The molecule has 11 heteroatoms. The number of rotatable bonds is 8. The molecule has 0 bridgehead atoms. The van der Waals surface area contributed by atoms with Crippen molar-refractivity contribution in [2.45, 2.75) is 25.8 Å². The number of aryl methyl sites for hydroxylation is 1. The summed E-state index contributed by atoms with van der Waals surface area (Å²) in [6.07, 6.45) is 6.36. The van der Waals surface area contributed by atoms with E-state index in [0.29, 0.717) is 54.4 Å². The number of benzene rings is 1. The first-order valence-electron chi connectivity index (χ1n) is 12.0. The summed E-state index contributed by atoms with van der Waals surface area (Å²) in [5.74, 6) is 0.498. The van der Waals surface area contributed by atoms with Gasteiger partial charge in [0.15, 0.2) is 17.2 Å². The van der Waals surface area contributed by atoms with E-state index in [2.05, 4.69) is 10.1 Å². The Morgan fingerprint density at radius 2 is 2.00 bits per heavy atom. The van der Waals surface area contributed by atoms with Gasteiger partial charge in [0.25, 0.3) is 0 Å². The lowest BCUT2D eigenvalue weighted by Crippen LogP contribution is -2.40. The predicted molar refractivity (Wildman–Crippen MR) is 136 cm³/mol. The van der Waals surface area contributed by atoms with Gasteiger partial charge >= 0.3 is 0 Å². The van der Waals surface area contributed by atoms with Gasteiger partial charge < -0.3 is 19.3 Å². The van der Waals surface area contributed by atoms with E-state index in [1.807, 2.05) is 25.1 Å². The van der Waals surface area contributed by atoms with Gasteiger partial charge in [0.1, 0.15) is 17.1 Å². The zero-order valence-electron chi connectivity index (χ0n) is 21.2. The van der Waals surface area contributed by atoms with Crippen molar-refractivity contribution in [2.75, 3.05) is 32.2 Å². The fourth-order valence-corrected chi connectivity index (χ4v) is 4.70. The molecule has 1 unspecified atom stereocenters. The number of likely N-dealkylation sites (N-methyl/N-ethyl adjacent to an activating group) is 1. The Balaban J connectivity index is 1.63. The van der Waals surface area contributed by atoms with Gasteiger partial charge in [0, 0.05) is 50.5 Å².